The van der Waals surface area contributed by atoms with Gasteiger partial charge in [-0.15, -0.1) is 0 Å². The van der Waals surface area contributed by atoms with Gasteiger partial charge >= 0.3 is 0 Å². The number of nitriles is 1. The predicted molar refractivity (Wildman–Crippen MR) is 81.5 cm³/mol. The average Bonchev–Trinajstić information content (AvgIpc) is 2.88. The van der Waals surface area contributed by atoms with Gasteiger partial charge in [0.2, 0.25) is 0 Å². The van der Waals surface area contributed by atoms with E-state index in [9.17, 15) is 0 Å². The summed E-state index contributed by atoms with van der Waals surface area (Å²) in [5.41, 5.74) is 1.93. The molecule has 1 aromatic heterocycles. The van der Waals surface area contributed by atoms with Crippen molar-refractivity contribution in [2.24, 2.45) is 0 Å². The van der Waals surface area contributed by atoms with Gasteiger partial charge in [-0.3, -0.25) is 0 Å². The lowest BCUT2D eigenvalue weighted by Gasteiger charge is -2.32. The Morgan fingerprint density at radius 1 is 1.30 bits per heavy atom. The van der Waals surface area contributed by atoms with Gasteiger partial charge in [0.1, 0.15) is 0 Å². The summed E-state index contributed by atoms with van der Waals surface area (Å²) in [6.45, 7) is 2.27. The van der Waals surface area contributed by atoms with Crippen molar-refractivity contribution in [3.63, 3.8) is 0 Å². The second-order valence-corrected chi connectivity index (χ2v) is 5.81. The van der Waals surface area contributed by atoms with E-state index in [1.165, 1.54) is 43.1 Å². The first-order valence-corrected chi connectivity index (χ1v) is 7.47. The normalized spacial score (nSPS) is 20.1. The smallest absolute Gasteiger partial charge is 0.0992 e. The van der Waals surface area contributed by atoms with Gasteiger partial charge < -0.3 is 9.47 Å². The van der Waals surface area contributed by atoms with Gasteiger partial charge in [-0.05, 0) is 56.4 Å². The van der Waals surface area contributed by atoms with Crippen molar-refractivity contribution in [3.05, 3.63) is 36.0 Å². The quantitative estimate of drug-likeness (QED) is 0.853. The summed E-state index contributed by atoms with van der Waals surface area (Å²) in [6.07, 6.45) is 7.36. The minimum Gasteiger partial charge on any atom is -0.347 e. The van der Waals surface area contributed by atoms with Crippen molar-refractivity contribution in [2.75, 3.05) is 13.6 Å². The molecular formula is C17H21N3. The van der Waals surface area contributed by atoms with E-state index >= 15 is 0 Å². The molecule has 1 aliphatic rings. The fourth-order valence-corrected chi connectivity index (χ4v) is 3.25. The molecule has 104 valence electrons. The first-order chi connectivity index (χ1) is 9.78. The predicted octanol–water partition coefficient (Wildman–Crippen LogP) is 3.39. The SMILES string of the molecule is CN1CCCCC1CCn1ccc2ccc(C#N)cc21. The van der Waals surface area contributed by atoms with Crippen LogP contribution in [-0.4, -0.2) is 29.1 Å². The molecule has 0 amide bonds. The van der Waals surface area contributed by atoms with Crippen molar-refractivity contribution in [1.29, 1.82) is 5.26 Å². The highest BCUT2D eigenvalue weighted by Gasteiger charge is 2.18. The van der Waals surface area contributed by atoms with Crippen LogP contribution in [0.25, 0.3) is 10.9 Å². The molecule has 0 spiro atoms. The molecule has 3 nitrogen and oxygen atoms in total. The van der Waals surface area contributed by atoms with Crippen molar-refractivity contribution >= 4 is 10.9 Å². The fourth-order valence-electron chi connectivity index (χ4n) is 3.25. The van der Waals surface area contributed by atoms with Gasteiger partial charge in [-0.2, -0.15) is 5.26 Å². The van der Waals surface area contributed by atoms with Crippen LogP contribution in [0.5, 0.6) is 0 Å². The van der Waals surface area contributed by atoms with E-state index in [1.807, 2.05) is 18.2 Å². The third-order valence-electron chi connectivity index (χ3n) is 4.53. The second-order valence-electron chi connectivity index (χ2n) is 5.81. The minimum absolute atomic E-state index is 0.709. The fraction of sp³-hybridized carbons (Fsp3) is 0.471. The molecule has 2 heterocycles. The van der Waals surface area contributed by atoms with Crippen molar-refractivity contribution in [1.82, 2.24) is 9.47 Å². The molecule has 0 N–H and O–H groups in total. The number of aryl methyl sites for hydroxylation is 1. The zero-order valence-electron chi connectivity index (χ0n) is 12.0. The Balaban J connectivity index is 1.75. The molecule has 1 saturated heterocycles. The van der Waals surface area contributed by atoms with Crippen LogP contribution in [0, 0.1) is 11.3 Å². The van der Waals surface area contributed by atoms with E-state index < -0.39 is 0 Å². The molecule has 1 unspecified atom stereocenters. The number of hydrogen-bond acceptors (Lipinski definition) is 2. The van der Waals surface area contributed by atoms with Crippen LogP contribution in [0.1, 0.15) is 31.2 Å². The van der Waals surface area contributed by atoms with Crippen molar-refractivity contribution < 1.29 is 0 Å². The molecule has 1 atom stereocenters. The zero-order valence-corrected chi connectivity index (χ0v) is 12.0. The minimum atomic E-state index is 0.709. The van der Waals surface area contributed by atoms with E-state index in [1.54, 1.807) is 0 Å². The molecule has 0 saturated carbocycles. The lowest BCUT2D eigenvalue weighted by atomic mass is 10.0. The molecule has 3 rings (SSSR count). The van der Waals surface area contributed by atoms with E-state index in [2.05, 4.69) is 34.8 Å². The Morgan fingerprint density at radius 3 is 3.00 bits per heavy atom. The number of nitrogens with zero attached hydrogens (tertiary/aromatic N) is 3. The maximum Gasteiger partial charge on any atom is 0.0992 e. The summed E-state index contributed by atoms with van der Waals surface area (Å²) in [5, 5.41) is 10.3. The summed E-state index contributed by atoms with van der Waals surface area (Å²) in [4.78, 5) is 2.50. The van der Waals surface area contributed by atoms with Gasteiger partial charge in [0.15, 0.2) is 0 Å². The first-order valence-electron chi connectivity index (χ1n) is 7.47. The second kappa shape index (κ2) is 5.68. The van der Waals surface area contributed by atoms with Gasteiger partial charge in [-0.1, -0.05) is 12.5 Å². The molecule has 0 bridgehead atoms. The summed E-state index contributed by atoms with van der Waals surface area (Å²) in [6, 6.07) is 11.0. The molecule has 2 aromatic rings. The molecule has 20 heavy (non-hydrogen) atoms. The number of fused-ring (bicyclic) bond motifs is 1. The van der Waals surface area contributed by atoms with Crippen molar-refractivity contribution in [3.8, 4) is 6.07 Å². The molecule has 3 heteroatoms. The average molecular weight is 267 g/mol. The Bertz CT molecular complexity index is 635. The van der Waals surface area contributed by atoms with Crippen LogP contribution < -0.4 is 0 Å². The lowest BCUT2D eigenvalue weighted by Crippen LogP contribution is -2.36. The van der Waals surface area contributed by atoms with Crippen LogP contribution in [0.4, 0.5) is 0 Å². The summed E-state index contributed by atoms with van der Waals surface area (Å²) >= 11 is 0. The molecule has 1 fully saturated rings. The summed E-state index contributed by atoms with van der Waals surface area (Å²) in [5.74, 6) is 0. The van der Waals surface area contributed by atoms with Gasteiger partial charge in [-0.25, -0.2) is 0 Å². The largest absolute Gasteiger partial charge is 0.347 e. The molecule has 0 aliphatic carbocycles. The summed E-state index contributed by atoms with van der Waals surface area (Å²) < 4.78 is 2.29. The highest BCUT2D eigenvalue weighted by atomic mass is 15.1. The standard InChI is InChI=1S/C17H21N3/c1-19-9-3-2-4-16(19)8-11-20-10-7-15-6-5-14(13-18)12-17(15)20/h5-7,10,12,16H,2-4,8-9,11H2,1H3. The topological polar surface area (TPSA) is 32.0 Å². The van der Waals surface area contributed by atoms with Gasteiger partial charge in [0, 0.05) is 24.3 Å². The first kappa shape index (κ1) is 13.2. The van der Waals surface area contributed by atoms with Crippen LogP contribution in [0.2, 0.25) is 0 Å². The Hall–Kier alpha value is -1.79. The van der Waals surface area contributed by atoms with Gasteiger partial charge in [0.05, 0.1) is 11.6 Å². The van der Waals surface area contributed by atoms with Crippen molar-refractivity contribution in [2.45, 2.75) is 38.3 Å². The number of likely N-dealkylation sites (tertiary alicyclic amines) is 1. The van der Waals surface area contributed by atoms with Crippen LogP contribution in [0.3, 0.4) is 0 Å². The molecule has 1 aromatic carbocycles. The Morgan fingerprint density at radius 2 is 2.20 bits per heavy atom. The molecule has 1 aliphatic heterocycles. The molecule has 0 radical (unpaired) electrons. The van der Waals surface area contributed by atoms with E-state index in [4.69, 9.17) is 5.26 Å². The highest BCUT2D eigenvalue weighted by Crippen LogP contribution is 2.21. The lowest BCUT2D eigenvalue weighted by molar-refractivity contribution is 0.171. The van der Waals surface area contributed by atoms with Crippen LogP contribution in [-0.2, 0) is 6.54 Å². The number of aromatic nitrogens is 1. The van der Waals surface area contributed by atoms with Crippen LogP contribution >= 0.6 is 0 Å². The van der Waals surface area contributed by atoms with E-state index in [0.29, 0.717) is 6.04 Å². The highest BCUT2D eigenvalue weighted by molar-refractivity contribution is 5.81. The summed E-state index contributed by atoms with van der Waals surface area (Å²) in [7, 11) is 2.24. The monoisotopic (exact) mass is 267 g/mol. The maximum absolute atomic E-state index is 9.03. The Kier molecular flexibility index (Phi) is 3.75. The van der Waals surface area contributed by atoms with E-state index in [-0.39, 0.29) is 0 Å². The molecular weight excluding hydrogens is 246 g/mol. The van der Waals surface area contributed by atoms with E-state index in [0.717, 1.165) is 12.1 Å². The third kappa shape index (κ3) is 2.57. The maximum atomic E-state index is 9.03. The number of piperidine rings is 1. The van der Waals surface area contributed by atoms with Gasteiger partial charge in [0.25, 0.3) is 0 Å². The number of benzene rings is 1. The third-order valence-corrected chi connectivity index (χ3v) is 4.53. The zero-order chi connectivity index (χ0) is 13.9. The number of hydrogen-bond donors (Lipinski definition) is 0. The Labute approximate surface area is 120 Å². The number of rotatable bonds is 3. The van der Waals surface area contributed by atoms with Crippen LogP contribution in [0.15, 0.2) is 30.5 Å².